The smallest absolute Gasteiger partial charge is 0.245 e. The van der Waals surface area contributed by atoms with Crippen molar-refractivity contribution < 1.29 is 4.79 Å². The highest BCUT2D eigenvalue weighted by Gasteiger charge is 2.23. The first-order chi connectivity index (χ1) is 5.27. The topological polar surface area (TPSA) is 46.3 Å². The van der Waals surface area contributed by atoms with Crippen LogP contribution in [-0.2, 0) is 4.79 Å². The van der Waals surface area contributed by atoms with Crippen LogP contribution >= 0.6 is 0 Å². The molecule has 3 nitrogen and oxygen atoms in total. The molecule has 1 saturated heterocycles. The zero-order valence-corrected chi connectivity index (χ0v) is 6.62. The lowest BCUT2D eigenvalue weighted by Crippen LogP contribution is -2.27. The molecule has 1 rings (SSSR count). The summed E-state index contributed by atoms with van der Waals surface area (Å²) in [6, 6.07) is 0. The van der Waals surface area contributed by atoms with Crippen LogP contribution in [0.2, 0.25) is 0 Å². The van der Waals surface area contributed by atoms with Crippen molar-refractivity contribution in [2.45, 2.75) is 6.42 Å². The lowest BCUT2D eigenvalue weighted by Gasteiger charge is -2.12. The first kappa shape index (κ1) is 8.27. The summed E-state index contributed by atoms with van der Waals surface area (Å²) in [4.78, 5) is 12.8. The molecule has 0 aromatic carbocycles. The van der Waals surface area contributed by atoms with Crippen LogP contribution in [0.5, 0.6) is 0 Å². The van der Waals surface area contributed by atoms with Crippen molar-refractivity contribution >= 4 is 5.91 Å². The number of likely N-dealkylation sites (tertiary alicyclic amines) is 1. The minimum absolute atomic E-state index is 0.0287. The second kappa shape index (κ2) is 3.53. The second-order valence-electron chi connectivity index (χ2n) is 2.88. The molecule has 0 radical (unpaired) electrons. The van der Waals surface area contributed by atoms with E-state index < -0.39 is 0 Å². The number of amides is 1. The zero-order valence-electron chi connectivity index (χ0n) is 6.62. The highest BCUT2D eigenvalue weighted by Crippen LogP contribution is 2.14. The van der Waals surface area contributed by atoms with Crippen LogP contribution in [0.4, 0.5) is 0 Å². The molecular formula is C8H14N2O. The molecule has 3 heteroatoms. The van der Waals surface area contributed by atoms with Crippen LogP contribution in [-0.4, -0.2) is 30.4 Å². The maximum absolute atomic E-state index is 11.0. The second-order valence-corrected chi connectivity index (χ2v) is 2.88. The standard InChI is InChI=1S/C8H14N2O/c1-2-8(11)10-4-3-7(5-9)6-10/h2,7H,1,3-6,9H2. The summed E-state index contributed by atoms with van der Waals surface area (Å²) in [5, 5.41) is 0. The number of hydrogen-bond donors (Lipinski definition) is 1. The predicted molar refractivity (Wildman–Crippen MR) is 43.9 cm³/mol. The van der Waals surface area contributed by atoms with Gasteiger partial charge >= 0.3 is 0 Å². The molecule has 62 valence electrons. The van der Waals surface area contributed by atoms with Crippen LogP contribution in [0.1, 0.15) is 6.42 Å². The Morgan fingerprint density at radius 2 is 2.55 bits per heavy atom. The monoisotopic (exact) mass is 154 g/mol. The normalized spacial score (nSPS) is 23.7. The molecular weight excluding hydrogens is 140 g/mol. The Kier molecular flexibility index (Phi) is 2.65. The van der Waals surface area contributed by atoms with Crippen LogP contribution in [0.3, 0.4) is 0 Å². The maximum atomic E-state index is 11.0. The maximum Gasteiger partial charge on any atom is 0.245 e. The van der Waals surface area contributed by atoms with E-state index in [0.29, 0.717) is 12.5 Å². The Hall–Kier alpha value is -0.830. The molecule has 0 aromatic heterocycles. The van der Waals surface area contributed by atoms with E-state index in [1.807, 2.05) is 0 Å². The zero-order chi connectivity index (χ0) is 8.27. The predicted octanol–water partition coefficient (Wildman–Crippen LogP) is -0.0204. The van der Waals surface area contributed by atoms with Gasteiger partial charge in [0.1, 0.15) is 0 Å². The first-order valence-corrected chi connectivity index (χ1v) is 3.89. The van der Waals surface area contributed by atoms with Gasteiger partial charge in [-0.15, -0.1) is 0 Å². The molecule has 0 spiro atoms. The van der Waals surface area contributed by atoms with Gasteiger partial charge in [0.15, 0.2) is 0 Å². The van der Waals surface area contributed by atoms with Gasteiger partial charge in [-0.05, 0) is 25.0 Å². The Balaban J connectivity index is 2.41. The quantitative estimate of drug-likeness (QED) is 0.568. The molecule has 11 heavy (non-hydrogen) atoms. The van der Waals surface area contributed by atoms with Gasteiger partial charge in [-0.3, -0.25) is 4.79 Å². The van der Waals surface area contributed by atoms with Gasteiger partial charge in [-0.25, -0.2) is 0 Å². The van der Waals surface area contributed by atoms with E-state index in [-0.39, 0.29) is 5.91 Å². The van der Waals surface area contributed by atoms with Gasteiger partial charge in [-0.2, -0.15) is 0 Å². The molecule has 1 atom stereocenters. The van der Waals surface area contributed by atoms with Crippen molar-refractivity contribution in [2.75, 3.05) is 19.6 Å². The summed E-state index contributed by atoms with van der Waals surface area (Å²) in [6.07, 6.45) is 2.40. The fourth-order valence-corrected chi connectivity index (χ4v) is 1.35. The molecule has 2 N–H and O–H groups in total. The first-order valence-electron chi connectivity index (χ1n) is 3.89. The van der Waals surface area contributed by atoms with Gasteiger partial charge in [0.2, 0.25) is 5.91 Å². The molecule has 1 amide bonds. The third kappa shape index (κ3) is 1.80. The Bertz CT molecular complexity index is 167. The minimum atomic E-state index is 0.0287. The van der Waals surface area contributed by atoms with E-state index in [9.17, 15) is 4.79 Å². The van der Waals surface area contributed by atoms with Gasteiger partial charge in [0.25, 0.3) is 0 Å². The van der Waals surface area contributed by atoms with E-state index in [0.717, 1.165) is 19.5 Å². The molecule has 0 aromatic rings. The lowest BCUT2D eigenvalue weighted by atomic mass is 10.1. The molecule has 1 aliphatic heterocycles. The molecule has 0 saturated carbocycles. The van der Waals surface area contributed by atoms with Crippen LogP contribution < -0.4 is 5.73 Å². The average Bonchev–Trinajstić information content (AvgIpc) is 2.50. The van der Waals surface area contributed by atoms with Crippen molar-refractivity contribution in [1.82, 2.24) is 4.90 Å². The van der Waals surface area contributed by atoms with Gasteiger partial charge in [0, 0.05) is 13.1 Å². The highest BCUT2D eigenvalue weighted by atomic mass is 16.2. The lowest BCUT2D eigenvalue weighted by molar-refractivity contribution is -0.125. The number of rotatable bonds is 2. The van der Waals surface area contributed by atoms with Gasteiger partial charge in [-0.1, -0.05) is 6.58 Å². The van der Waals surface area contributed by atoms with Crippen LogP contribution in [0.25, 0.3) is 0 Å². The van der Waals surface area contributed by atoms with E-state index in [2.05, 4.69) is 6.58 Å². The van der Waals surface area contributed by atoms with E-state index in [1.165, 1.54) is 6.08 Å². The summed E-state index contributed by atoms with van der Waals surface area (Å²) in [5.41, 5.74) is 5.47. The fraction of sp³-hybridized carbons (Fsp3) is 0.625. The Morgan fingerprint density at radius 3 is 3.00 bits per heavy atom. The molecule has 0 aliphatic carbocycles. The van der Waals surface area contributed by atoms with Crippen molar-refractivity contribution in [3.63, 3.8) is 0 Å². The average molecular weight is 154 g/mol. The summed E-state index contributed by atoms with van der Waals surface area (Å²) in [5.74, 6) is 0.528. The summed E-state index contributed by atoms with van der Waals surface area (Å²) in [7, 11) is 0. The highest BCUT2D eigenvalue weighted by molar-refractivity contribution is 5.87. The third-order valence-corrected chi connectivity index (χ3v) is 2.11. The van der Waals surface area contributed by atoms with Crippen molar-refractivity contribution in [1.29, 1.82) is 0 Å². The molecule has 0 bridgehead atoms. The fourth-order valence-electron chi connectivity index (χ4n) is 1.35. The summed E-state index contributed by atoms with van der Waals surface area (Å²) < 4.78 is 0. The number of carbonyl (C=O) groups is 1. The molecule has 1 aliphatic rings. The van der Waals surface area contributed by atoms with Gasteiger partial charge < -0.3 is 10.6 Å². The van der Waals surface area contributed by atoms with Gasteiger partial charge in [0.05, 0.1) is 0 Å². The largest absolute Gasteiger partial charge is 0.339 e. The molecule has 1 fully saturated rings. The minimum Gasteiger partial charge on any atom is -0.339 e. The summed E-state index contributed by atoms with van der Waals surface area (Å²) in [6.45, 7) is 5.76. The third-order valence-electron chi connectivity index (χ3n) is 2.11. The van der Waals surface area contributed by atoms with Crippen LogP contribution in [0.15, 0.2) is 12.7 Å². The SMILES string of the molecule is C=CC(=O)N1CCC(CN)C1. The van der Waals surface area contributed by atoms with Crippen molar-refractivity contribution in [3.05, 3.63) is 12.7 Å². The van der Waals surface area contributed by atoms with E-state index >= 15 is 0 Å². The Labute approximate surface area is 66.9 Å². The number of nitrogens with zero attached hydrogens (tertiary/aromatic N) is 1. The van der Waals surface area contributed by atoms with Crippen LogP contribution in [0, 0.1) is 5.92 Å². The van der Waals surface area contributed by atoms with E-state index in [1.54, 1.807) is 4.90 Å². The number of hydrogen-bond acceptors (Lipinski definition) is 2. The Morgan fingerprint density at radius 1 is 1.82 bits per heavy atom. The van der Waals surface area contributed by atoms with Crippen molar-refractivity contribution in [2.24, 2.45) is 11.7 Å². The molecule has 1 heterocycles. The van der Waals surface area contributed by atoms with E-state index in [4.69, 9.17) is 5.73 Å². The molecule has 1 unspecified atom stereocenters. The number of carbonyl (C=O) groups excluding carboxylic acids is 1. The number of nitrogens with two attached hydrogens (primary N) is 1. The van der Waals surface area contributed by atoms with Crippen molar-refractivity contribution in [3.8, 4) is 0 Å². The summed E-state index contributed by atoms with van der Waals surface area (Å²) >= 11 is 0.